The predicted octanol–water partition coefficient (Wildman–Crippen LogP) is 3.19. The molecule has 18 heavy (non-hydrogen) atoms. The third-order valence-corrected chi connectivity index (χ3v) is 2.54. The minimum atomic E-state index is -0.307. The van der Waals surface area contributed by atoms with Crippen molar-refractivity contribution in [2.75, 3.05) is 13.2 Å². The summed E-state index contributed by atoms with van der Waals surface area (Å²) in [5.41, 5.74) is 0.843. The van der Waals surface area contributed by atoms with Crippen LogP contribution in [-0.2, 0) is 0 Å². The molecule has 4 nitrogen and oxygen atoms in total. The van der Waals surface area contributed by atoms with Gasteiger partial charge < -0.3 is 4.74 Å². The van der Waals surface area contributed by atoms with Crippen molar-refractivity contribution < 1.29 is 9.66 Å². The van der Waals surface area contributed by atoms with E-state index in [0.717, 1.165) is 5.56 Å². The molecule has 0 bridgehead atoms. The second-order valence-electron chi connectivity index (χ2n) is 3.87. The molecule has 0 heterocycles. The average Bonchev–Trinajstić information content (AvgIpc) is 2.36. The van der Waals surface area contributed by atoms with E-state index in [1.54, 1.807) is 12.2 Å². The lowest BCUT2D eigenvalue weighted by Crippen LogP contribution is -2.13. The minimum Gasteiger partial charge on any atom is -0.489 e. The molecule has 0 aliphatic carbocycles. The van der Waals surface area contributed by atoms with E-state index < -0.39 is 0 Å². The first-order valence-corrected chi connectivity index (χ1v) is 5.74. The Labute approximate surface area is 107 Å². The van der Waals surface area contributed by atoms with Crippen LogP contribution in [0.2, 0.25) is 0 Å². The summed E-state index contributed by atoms with van der Waals surface area (Å²) in [6.07, 6.45) is 3.89. The average molecular weight is 247 g/mol. The van der Waals surface area contributed by atoms with Crippen molar-refractivity contribution in [1.82, 2.24) is 0 Å². The van der Waals surface area contributed by atoms with Crippen LogP contribution in [0.5, 0.6) is 5.75 Å². The van der Waals surface area contributed by atoms with Gasteiger partial charge in [-0.05, 0) is 12.5 Å². The summed E-state index contributed by atoms with van der Waals surface area (Å²) in [7, 11) is 0. The Kier molecular flexibility index (Phi) is 5.64. The highest BCUT2D eigenvalue weighted by Crippen LogP contribution is 2.29. The van der Waals surface area contributed by atoms with Gasteiger partial charge in [0, 0.05) is 10.5 Å². The highest BCUT2D eigenvalue weighted by molar-refractivity contribution is 5.36. The molecular formula is C14H17NO3. The van der Waals surface area contributed by atoms with Gasteiger partial charge in [-0.15, -0.1) is 6.58 Å². The van der Waals surface area contributed by atoms with Crippen molar-refractivity contribution >= 4 is 0 Å². The first-order chi connectivity index (χ1) is 8.69. The van der Waals surface area contributed by atoms with Gasteiger partial charge in [0.25, 0.3) is 0 Å². The van der Waals surface area contributed by atoms with Gasteiger partial charge in [-0.1, -0.05) is 36.9 Å². The van der Waals surface area contributed by atoms with E-state index in [1.165, 1.54) is 0 Å². The number of benzene rings is 1. The van der Waals surface area contributed by atoms with Gasteiger partial charge in [0.15, 0.2) is 0 Å². The molecule has 0 aliphatic rings. The lowest BCUT2D eigenvalue weighted by atomic mass is 9.95. The summed E-state index contributed by atoms with van der Waals surface area (Å²) in [5, 5.41) is 10.7. The second kappa shape index (κ2) is 7.27. The van der Waals surface area contributed by atoms with Crippen LogP contribution in [-0.4, -0.2) is 18.1 Å². The SMILES string of the molecule is C=CCOc1ccccc1C(CC=C)C[N+](=O)[O-]. The summed E-state index contributed by atoms with van der Waals surface area (Å²) in [4.78, 5) is 10.4. The predicted molar refractivity (Wildman–Crippen MR) is 71.6 cm³/mol. The van der Waals surface area contributed by atoms with Gasteiger partial charge in [0.2, 0.25) is 6.54 Å². The third kappa shape index (κ3) is 4.05. The summed E-state index contributed by atoms with van der Waals surface area (Å²) >= 11 is 0. The normalized spacial score (nSPS) is 11.6. The fourth-order valence-electron chi connectivity index (χ4n) is 1.78. The number of allylic oxidation sites excluding steroid dienone is 1. The zero-order valence-electron chi connectivity index (χ0n) is 10.2. The quantitative estimate of drug-likeness (QED) is 0.402. The Morgan fingerprint density at radius 3 is 2.67 bits per heavy atom. The molecule has 1 atom stereocenters. The van der Waals surface area contributed by atoms with Crippen molar-refractivity contribution in [1.29, 1.82) is 0 Å². The maximum absolute atomic E-state index is 10.7. The minimum absolute atomic E-state index is 0.125. The van der Waals surface area contributed by atoms with Crippen LogP contribution in [0.1, 0.15) is 17.9 Å². The van der Waals surface area contributed by atoms with E-state index in [2.05, 4.69) is 13.2 Å². The van der Waals surface area contributed by atoms with Crippen LogP contribution in [0, 0.1) is 10.1 Å². The standard InChI is InChI=1S/C14H17NO3/c1-3-7-12(11-15(16)17)13-8-5-6-9-14(13)18-10-4-2/h3-6,8-9,12H,1-2,7,10-11H2. The van der Waals surface area contributed by atoms with Crippen molar-refractivity contribution in [2.45, 2.75) is 12.3 Å². The fraction of sp³-hybridized carbons (Fsp3) is 0.286. The maximum atomic E-state index is 10.7. The van der Waals surface area contributed by atoms with Crippen molar-refractivity contribution in [2.24, 2.45) is 0 Å². The van der Waals surface area contributed by atoms with Crippen LogP contribution >= 0.6 is 0 Å². The van der Waals surface area contributed by atoms with E-state index in [0.29, 0.717) is 18.8 Å². The van der Waals surface area contributed by atoms with Gasteiger partial charge in [-0.25, -0.2) is 0 Å². The largest absolute Gasteiger partial charge is 0.489 e. The highest BCUT2D eigenvalue weighted by Gasteiger charge is 2.19. The molecule has 1 rings (SSSR count). The molecule has 0 radical (unpaired) electrons. The Hall–Kier alpha value is -2.10. The molecule has 0 amide bonds. The molecule has 1 unspecified atom stereocenters. The Morgan fingerprint density at radius 2 is 2.06 bits per heavy atom. The lowest BCUT2D eigenvalue weighted by molar-refractivity contribution is -0.483. The van der Waals surface area contributed by atoms with Gasteiger partial charge in [-0.2, -0.15) is 0 Å². The Bertz CT molecular complexity index is 429. The number of hydrogen-bond acceptors (Lipinski definition) is 3. The first-order valence-electron chi connectivity index (χ1n) is 5.74. The number of hydrogen-bond donors (Lipinski definition) is 0. The molecule has 0 spiro atoms. The monoisotopic (exact) mass is 247 g/mol. The number of nitrogens with zero attached hydrogens (tertiary/aromatic N) is 1. The lowest BCUT2D eigenvalue weighted by Gasteiger charge is -2.15. The number of nitro groups is 1. The number of ether oxygens (including phenoxy) is 1. The van der Waals surface area contributed by atoms with E-state index in [1.807, 2.05) is 24.3 Å². The van der Waals surface area contributed by atoms with Crippen LogP contribution in [0.25, 0.3) is 0 Å². The van der Waals surface area contributed by atoms with E-state index in [9.17, 15) is 10.1 Å². The van der Waals surface area contributed by atoms with Gasteiger partial charge in [0.05, 0.1) is 5.92 Å². The molecule has 1 aromatic rings. The maximum Gasteiger partial charge on any atom is 0.211 e. The highest BCUT2D eigenvalue weighted by atomic mass is 16.6. The fourth-order valence-corrected chi connectivity index (χ4v) is 1.78. The molecule has 0 N–H and O–H groups in total. The van der Waals surface area contributed by atoms with Crippen molar-refractivity contribution in [3.8, 4) is 5.75 Å². The van der Waals surface area contributed by atoms with Crippen LogP contribution in [0.4, 0.5) is 0 Å². The van der Waals surface area contributed by atoms with E-state index >= 15 is 0 Å². The zero-order chi connectivity index (χ0) is 13.4. The van der Waals surface area contributed by atoms with Crippen LogP contribution < -0.4 is 4.74 Å². The van der Waals surface area contributed by atoms with Gasteiger partial charge in [0.1, 0.15) is 12.4 Å². The molecule has 4 heteroatoms. The second-order valence-corrected chi connectivity index (χ2v) is 3.87. The van der Waals surface area contributed by atoms with Gasteiger partial charge >= 0.3 is 0 Å². The van der Waals surface area contributed by atoms with E-state index in [4.69, 9.17) is 4.74 Å². The number of para-hydroxylation sites is 1. The summed E-state index contributed by atoms with van der Waals surface area (Å²) < 4.78 is 5.52. The third-order valence-electron chi connectivity index (χ3n) is 2.54. The number of rotatable bonds is 8. The zero-order valence-corrected chi connectivity index (χ0v) is 10.2. The summed E-state index contributed by atoms with van der Waals surface area (Å²) in [5.74, 6) is 0.463. The summed E-state index contributed by atoms with van der Waals surface area (Å²) in [6.45, 7) is 7.49. The first kappa shape index (κ1) is 14.0. The molecule has 1 aromatic carbocycles. The molecule has 0 aromatic heterocycles. The van der Waals surface area contributed by atoms with Crippen LogP contribution in [0.3, 0.4) is 0 Å². The topological polar surface area (TPSA) is 52.4 Å². The Morgan fingerprint density at radius 1 is 1.33 bits per heavy atom. The molecular weight excluding hydrogens is 230 g/mol. The molecule has 96 valence electrons. The Balaban J connectivity index is 2.97. The summed E-state index contributed by atoms with van der Waals surface area (Å²) in [6, 6.07) is 7.37. The van der Waals surface area contributed by atoms with E-state index in [-0.39, 0.29) is 17.4 Å². The van der Waals surface area contributed by atoms with Gasteiger partial charge in [-0.3, -0.25) is 10.1 Å². The van der Waals surface area contributed by atoms with Crippen LogP contribution in [0.15, 0.2) is 49.6 Å². The molecule has 0 aliphatic heterocycles. The molecule has 0 saturated carbocycles. The van der Waals surface area contributed by atoms with Crippen molar-refractivity contribution in [3.05, 3.63) is 65.3 Å². The molecule has 0 saturated heterocycles. The molecule has 0 fully saturated rings. The van der Waals surface area contributed by atoms with Crippen molar-refractivity contribution in [3.63, 3.8) is 0 Å². The smallest absolute Gasteiger partial charge is 0.211 e.